The van der Waals surface area contributed by atoms with Gasteiger partial charge in [-0.1, -0.05) is 61.5 Å². The molecule has 3 aromatic carbocycles. The summed E-state index contributed by atoms with van der Waals surface area (Å²) in [6.45, 7) is 1.01. The first kappa shape index (κ1) is 29.7. The van der Waals surface area contributed by atoms with Gasteiger partial charge in [-0.3, -0.25) is 13.9 Å². The second-order valence-electron chi connectivity index (χ2n) is 8.73. The van der Waals surface area contributed by atoms with E-state index in [0.717, 1.165) is 17.7 Å². The SMILES string of the molecule is CCC(C(=O)NC)N(CCc1ccccc1)C(=O)CN(c1cccc(C(F)(F)F)c1)S(=O)(=O)c1ccccc1. The summed E-state index contributed by atoms with van der Waals surface area (Å²) in [5, 5.41) is 2.53. The molecule has 2 amide bonds. The van der Waals surface area contributed by atoms with Gasteiger partial charge in [0.2, 0.25) is 11.8 Å². The molecule has 1 atom stereocenters. The van der Waals surface area contributed by atoms with E-state index in [2.05, 4.69) is 5.32 Å². The van der Waals surface area contributed by atoms with Crippen molar-refractivity contribution < 1.29 is 31.2 Å². The first-order valence-electron chi connectivity index (χ1n) is 12.3. The van der Waals surface area contributed by atoms with E-state index in [4.69, 9.17) is 0 Å². The van der Waals surface area contributed by atoms with Crippen molar-refractivity contribution in [2.24, 2.45) is 0 Å². The number of carbonyl (C=O) groups excluding carboxylic acids is 2. The molecule has 11 heteroatoms. The van der Waals surface area contributed by atoms with Crippen LogP contribution in [0.25, 0.3) is 0 Å². The molecule has 1 unspecified atom stereocenters. The Morgan fingerprint density at radius 1 is 0.923 bits per heavy atom. The minimum absolute atomic E-state index is 0.0938. The highest BCUT2D eigenvalue weighted by atomic mass is 32.2. The first-order chi connectivity index (χ1) is 18.5. The number of amides is 2. The molecule has 0 aromatic heterocycles. The van der Waals surface area contributed by atoms with Gasteiger partial charge >= 0.3 is 6.18 Å². The van der Waals surface area contributed by atoms with Crippen LogP contribution in [-0.2, 0) is 32.2 Å². The molecule has 1 N–H and O–H groups in total. The van der Waals surface area contributed by atoms with Crippen LogP contribution in [0.15, 0.2) is 89.8 Å². The number of carbonyl (C=O) groups is 2. The first-order valence-corrected chi connectivity index (χ1v) is 13.7. The number of rotatable bonds is 11. The van der Waals surface area contributed by atoms with E-state index in [0.29, 0.717) is 16.8 Å². The highest BCUT2D eigenvalue weighted by Gasteiger charge is 2.35. The van der Waals surface area contributed by atoms with E-state index in [9.17, 15) is 31.2 Å². The standard InChI is InChI=1S/C28H30F3N3O4S/c1-3-25(27(36)32-2)33(18-17-21-11-6-4-7-12-21)26(35)20-34(39(37,38)24-15-8-5-9-16-24)23-14-10-13-22(19-23)28(29,30)31/h4-16,19,25H,3,17-18,20H2,1-2H3,(H,32,36). The molecule has 3 aromatic rings. The van der Waals surface area contributed by atoms with Gasteiger partial charge in [-0.25, -0.2) is 8.42 Å². The summed E-state index contributed by atoms with van der Waals surface area (Å²) in [7, 11) is -3.02. The molecule has 3 rings (SSSR count). The predicted molar refractivity (Wildman–Crippen MR) is 142 cm³/mol. The Morgan fingerprint density at radius 2 is 1.54 bits per heavy atom. The summed E-state index contributed by atoms with van der Waals surface area (Å²) in [4.78, 5) is 27.5. The van der Waals surface area contributed by atoms with Gasteiger partial charge in [-0.2, -0.15) is 13.2 Å². The lowest BCUT2D eigenvalue weighted by Gasteiger charge is -2.33. The monoisotopic (exact) mass is 561 g/mol. The van der Waals surface area contributed by atoms with Gasteiger partial charge in [0.1, 0.15) is 12.6 Å². The van der Waals surface area contributed by atoms with Crippen LogP contribution in [-0.4, -0.2) is 51.3 Å². The molecule has 7 nitrogen and oxygen atoms in total. The van der Waals surface area contributed by atoms with Crippen molar-refractivity contribution >= 4 is 27.5 Å². The normalized spacial score (nSPS) is 12.4. The lowest BCUT2D eigenvalue weighted by atomic mass is 10.1. The summed E-state index contributed by atoms with van der Waals surface area (Å²) in [6, 6.07) is 19.3. The Bertz CT molecular complexity index is 1370. The Labute approximate surface area is 226 Å². The summed E-state index contributed by atoms with van der Waals surface area (Å²) in [5.74, 6) is -1.16. The van der Waals surface area contributed by atoms with Gasteiger partial charge in [-0.05, 0) is 48.7 Å². The molecule has 208 valence electrons. The van der Waals surface area contributed by atoms with E-state index in [-0.39, 0.29) is 23.5 Å². The molecule has 0 spiro atoms. The van der Waals surface area contributed by atoms with Crippen molar-refractivity contribution in [2.75, 3.05) is 24.4 Å². The summed E-state index contributed by atoms with van der Waals surface area (Å²) < 4.78 is 68.5. The average Bonchev–Trinajstić information content (AvgIpc) is 2.94. The van der Waals surface area contributed by atoms with Gasteiger partial charge in [-0.15, -0.1) is 0 Å². The van der Waals surface area contributed by atoms with Gasteiger partial charge < -0.3 is 10.2 Å². The van der Waals surface area contributed by atoms with Gasteiger partial charge in [0.25, 0.3) is 10.0 Å². The van der Waals surface area contributed by atoms with E-state index >= 15 is 0 Å². The van der Waals surface area contributed by atoms with Crippen molar-refractivity contribution in [3.05, 3.63) is 96.1 Å². The Hall–Kier alpha value is -3.86. The van der Waals surface area contributed by atoms with Gasteiger partial charge in [0.05, 0.1) is 16.1 Å². The number of anilines is 1. The fourth-order valence-electron chi connectivity index (χ4n) is 4.15. The van der Waals surface area contributed by atoms with Crippen molar-refractivity contribution in [2.45, 2.75) is 36.9 Å². The maximum atomic E-state index is 13.7. The molecular weight excluding hydrogens is 531 g/mol. The second-order valence-corrected chi connectivity index (χ2v) is 10.6. The van der Waals surface area contributed by atoms with Crippen LogP contribution in [0.4, 0.5) is 18.9 Å². The quantitative estimate of drug-likeness (QED) is 0.374. The molecule has 0 aliphatic rings. The van der Waals surface area contributed by atoms with Crippen LogP contribution < -0.4 is 9.62 Å². The zero-order chi connectivity index (χ0) is 28.6. The molecule has 0 radical (unpaired) electrons. The highest BCUT2D eigenvalue weighted by molar-refractivity contribution is 7.92. The van der Waals surface area contributed by atoms with Crippen LogP contribution in [0.5, 0.6) is 0 Å². The number of benzene rings is 3. The third-order valence-electron chi connectivity index (χ3n) is 6.19. The average molecular weight is 562 g/mol. The van der Waals surface area contributed by atoms with E-state index in [1.807, 2.05) is 30.3 Å². The molecule has 0 heterocycles. The largest absolute Gasteiger partial charge is 0.416 e. The second kappa shape index (κ2) is 12.8. The topological polar surface area (TPSA) is 86.8 Å². The summed E-state index contributed by atoms with van der Waals surface area (Å²) in [5.41, 5.74) is -0.481. The number of nitrogens with zero attached hydrogens (tertiary/aromatic N) is 2. The van der Waals surface area contributed by atoms with E-state index in [1.165, 1.54) is 42.3 Å². The van der Waals surface area contributed by atoms with Crippen LogP contribution in [0.3, 0.4) is 0 Å². The number of halogens is 3. The molecular formula is C28H30F3N3O4S. The van der Waals surface area contributed by atoms with E-state index < -0.39 is 46.2 Å². The maximum absolute atomic E-state index is 13.7. The molecule has 0 fully saturated rings. The fourth-order valence-corrected chi connectivity index (χ4v) is 5.58. The van der Waals surface area contributed by atoms with Crippen molar-refractivity contribution in [1.82, 2.24) is 10.2 Å². The molecule has 0 bridgehead atoms. The van der Waals surface area contributed by atoms with Crippen molar-refractivity contribution in [1.29, 1.82) is 0 Å². The fraction of sp³-hybridized carbons (Fsp3) is 0.286. The van der Waals surface area contributed by atoms with Crippen LogP contribution >= 0.6 is 0 Å². The van der Waals surface area contributed by atoms with Crippen LogP contribution in [0.2, 0.25) is 0 Å². The number of nitrogens with one attached hydrogen (secondary N) is 1. The third kappa shape index (κ3) is 7.38. The zero-order valence-electron chi connectivity index (χ0n) is 21.6. The molecule has 0 aliphatic heterocycles. The third-order valence-corrected chi connectivity index (χ3v) is 7.98. The molecule has 39 heavy (non-hydrogen) atoms. The number of sulfonamides is 1. The number of likely N-dealkylation sites (N-methyl/N-ethyl adjacent to an activating group) is 1. The van der Waals surface area contributed by atoms with Crippen molar-refractivity contribution in [3.8, 4) is 0 Å². The lowest BCUT2D eigenvalue weighted by Crippen LogP contribution is -2.52. The Kier molecular flexibility index (Phi) is 9.74. The molecule has 0 aliphatic carbocycles. The molecule has 0 saturated heterocycles. The summed E-state index contributed by atoms with van der Waals surface area (Å²) >= 11 is 0. The minimum atomic E-state index is -4.73. The number of hydrogen-bond donors (Lipinski definition) is 1. The smallest absolute Gasteiger partial charge is 0.357 e. The van der Waals surface area contributed by atoms with Gasteiger partial charge in [0, 0.05) is 13.6 Å². The summed E-state index contributed by atoms with van der Waals surface area (Å²) in [6.07, 6.45) is -4.10. The van der Waals surface area contributed by atoms with Crippen molar-refractivity contribution in [3.63, 3.8) is 0 Å². The Morgan fingerprint density at radius 3 is 2.10 bits per heavy atom. The zero-order valence-corrected chi connectivity index (χ0v) is 22.4. The Balaban J connectivity index is 2.05. The van der Waals surface area contributed by atoms with Gasteiger partial charge in [0.15, 0.2) is 0 Å². The lowest BCUT2D eigenvalue weighted by molar-refractivity contribution is -0.139. The molecule has 0 saturated carbocycles. The maximum Gasteiger partial charge on any atom is 0.416 e. The van der Waals surface area contributed by atoms with E-state index in [1.54, 1.807) is 13.0 Å². The van der Waals surface area contributed by atoms with Crippen LogP contribution in [0, 0.1) is 0 Å². The minimum Gasteiger partial charge on any atom is -0.357 e. The number of hydrogen-bond acceptors (Lipinski definition) is 4. The predicted octanol–water partition coefficient (Wildman–Crippen LogP) is 4.50. The number of alkyl halides is 3. The highest BCUT2D eigenvalue weighted by Crippen LogP contribution is 2.33. The van der Waals surface area contributed by atoms with Crippen LogP contribution in [0.1, 0.15) is 24.5 Å².